The van der Waals surface area contributed by atoms with Gasteiger partial charge in [0, 0.05) is 18.6 Å². The fourth-order valence-electron chi connectivity index (χ4n) is 1.97. The zero-order valence-corrected chi connectivity index (χ0v) is 11.0. The first-order valence-electron chi connectivity index (χ1n) is 5.79. The number of halogens is 1. The van der Waals surface area contributed by atoms with Crippen molar-refractivity contribution in [1.29, 1.82) is 0 Å². The Bertz CT molecular complexity index is 789. The van der Waals surface area contributed by atoms with Gasteiger partial charge in [-0.3, -0.25) is 4.79 Å². The van der Waals surface area contributed by atoms with Crippen LogP contribution < -0.4 is 5.56 Å². The highest BCUT2D eigenvalue weighted by atomic mass is 35.5. The summed E-state index contributed by atoms with van der Waals surface area (Å²) in [5, 5.41) is 4.65. The monoisotopic (exact) mass is 274 g/mol. The van der Waals surface area contributed by atoms with Crippen molar-refractivity contribution in [3.05, 3.63) is 63.6 Å². The highest BCUT2D eigenvalue weighted by Crippen LogP contribution is 2.07. The summed E-state index contributed by atoms with van der Waals surface area (Å²) in [4.78, 5) is 16.3. The molecule has 0 aliphatic heterocycles. The van der Waals surface area contributed by atoms with Crippen LogP contribution in [0.25, 0.3) is 5.52 Å². The summed E-state index contributed by atoms with van der Waals surface area (Å²) in [7, 11) is 0. The lowest BCUT2D eigenvalue weighted by atomic mass is 10.3. The van der Waals surface area contributed by atoms with Gasteiger partial charge in [0.2, 0.25) is 0 Å². The van der Waals surface area contributed by atoms with Crippen LogP contribution in [-0.2, 0) is 6.54 Å². The summed E-state index contributed by atoms with van der Waals surface area (Å²) < 4.78 is 3.22. The van der Waals surface area contributed by atoms with Crippen LogP contribution in [0.4, 0.5) is 0 Å². The van der Waals surface area contributed by atoms with Crippen molar-refractivity contribution < 1.29 is 0 Å². The van der Waals surface area contributed by atoms with E-state index >= 15 is 0 Å². The number of hydrogen-bond donors (Lipinski definition) is 0. The van der Waals surface area contributed by atoms with Crippen molar-refractivity contribution in [2.75, 3.05) is 0 Å². The molecule has 0 fully saturated rings. The molecule has 3 rings (SSSR count). The SMILES string of the molecule is Cc1cc2c(=O)n(Cc3ccc(Cl)nc3)ccn2n1. The van der Waals surface area contributed by atoms with Crippen molar-refractivity contribution in [2.24, 2.45) is 0 Å². The van der Waals surface area contributed by atoms with Gasteiger partial charge in [0.05, 0.1) is 12.2 Å². The standard InChI is InChI=1S/C13H11ClN4O/c1-9-6-11-13(19)17(4-5-18(11)16-9)8-10-2-3-12(14)15-7-10/h2-7H,8H2,1H3. The predicted molar refractivity (Wildman–Crippen MR) is 72.5 cm³/mol. The molecule has 0 saturated carbocycles. The van der Waals surface area contributed by atoms with Crippen LogP contribution in [0.15, 0.2) is 41.6 Å². The maximum atomic E-state index is 12.3. The Kier molecular flexibility index (Phi) is 2.83. The van der Waals surface area contributed by atoms with E-state index in [4.69, 9.17) is 11.6 Å². The molecule has 19 heavy (non-hydrogen) atoms. The van der Waals surface area contributed by atoms with Crippen LogP contribution in [0, 0.1) is 6.92 Å². The molecule has 0 aliphatic carbocycles. The number of aryl methyl sites for hydroxylation is 1. The van der Waals surface area contributed by atoms with Crippen LogP contribution >= 0.6 is 11.6 Å². The van der Waals surface area contributed by atoms with Crippen LogP contribution in [0.2, 0.25) is 5.15 Å². The minimum atomic E-state index is -0.0712. The lowest BCUT2D eigenvalue weighted by Gasteiger charge is -2.05. The Morgan fingerprint density at radius 3 is 2.89 bits per heavy atom. The molecule has 0 saturated heterocycles. The third-order valence-corrected chi connectivity index (χ3v) is 3.09. The van der Waals surface area contributed by atoms with Crippen LogP contribution in [-0.4, -0.2) is 19.2 Å². The molecule has 0 radical (unpaired) electrons. The van der Waals surface area contributed by atoms with Crippen molar-refractivity contribution in [1.82, 2.24) is 19.2 Å². The summed E-state index contributed by atoms with van der Waals surface area (Å²) in [6, 6.07) is 5.34. The largest absolute Gasteiger partial charge is 0.308 e. The number of rotatable bonds is 2. The first-order valence-corrected chi connectivity index (χ1v) is 6.17. The van der Waals surface area contributed by atoms with Crippen molar-refractivity contribution in [2.45, 2.75) is 13.5 Å². The maximum Gasteiger partial charge on any atom is 0.276 e. The van der Waals surface area contributed by atoms with Gasteiger partial charge >= 0.3 is 0 Å². The van der Waals surface area contributed by atoms with E-state index in [0.717, 1.165) is 11.3 Å². The second-order valence-electron chi connectivity index (χ2n) is 4.34. The Labute approximate surface area is 114 Å². The fraction of sp³-hybridized carbons (Fsp3) is 0.154. The van der Waals surface area contributed by atoms with Gasteiger partial charge in [-0.05, 0) is 24.6 Å². The van der Waals surface area contributed by atoms with Gasteiger partial charge in [-0.15, -0.1) is 0 Å². The molecule has 96 valence electrons. The van der Waals surface area contributed by atoms with Crippen LogP contribution in [0.3, 0.4) is 0 Å². The Morgan fingerprint density at radius 1 is 1.32 bits per heavy atom. The topological polar surface area (TPSA) is 52.2 Å². The Morgan fingerprint density at radius 2 is 2.16 bits per heavy atom. The number of pyridine rings is 1. The van der Waals surface area contributed by atoms with Crippen molar-refractivity contribution in [3.63, 3.8) is 0 Å². The molecule has 0 atom stereocenters. The van der Waals surface area contributed by atoms with E-state index in [-0.39, 0.29) is 5.56 Å². The van der Waals surface area contributed by atoms with E-state index in [2.05, 4.69) is 10.1 Å². The Hall–Kier alpha value is -2.14. The highest BCUT2D eigenvalue weighted by Gasteiger charge is 2.06. The lowest BCUT2D eigenvalue weighted by molar-refractivity contribution is 0.739. The van der Waals surface area contributed by atoms with E-state index in [1.54, 1.807) is 39.8 Å². The average Bonchev–Trinajstić information content (AvgIpc) is 2.77. The zero-order chi connectivity index (χ0) is 13.4. The molecular weight excluding hydrogens is 264 g/mol. The normalized spacial score (nSPS) is 11.1. The maximum absolute atomic E-state index is 12.3. The first kappa shape index (κ1) is 11.9. The second-order valence-corrected chi connectivity index (χ2v) is 4.72. The zero-order valence-electron chi connectivity index (χ0n) is 10.2. The first-order chi connectivity index (χ1) is 9.13. The van der Waals surface area contributed by atoms with Gasteiger partial charge in [0.15, 0.2) is 0 Å². The molecule has 0 spiro atoms. The summed E-state index contributed by atoms with van der Waals surface area (Å²) in [5.74, 6) is 0. The molecule has 0 N–H and O–H groups in total. The third kappa shape index (κ3) is 2.24. The molecular formula is C13H11ClN4O. The van der Waals surface area contributed by atoms with Crippen molar-refractivity contribution >= 4 is 17.1 Å². The molecule has 3 heterocycles. The minimum Gasteiger partial charge on any atom is -0.308 e. The van der Waals surface area contributed by atoms with E-state index in [9.17, 15) is 4.79 Å². The molecule has 0 aliphatic rings. The van der Waals surface area contributed by atoms with Crippen molar-refractivity contribution in [3.8, 4) is 0 Å². The highest BCUT2D eigenvalue weighted by molar-refractivity contribution is 6.29. The summed E-state index contributed by atoms with van der Waals surface area (Å²) in [6.07, 6.45) is 5.16. The van der Waals surface area contributed by atoms with E-state index in [0.29, 0.717) is 17.2 Å². The van der Waals surface area contributed by atoms with Crippen LogP contribution in [0.5, 0.6) is 0 Å². The minimum absolute atomic E-state index is 0.0712. The summed E-state index contributed by atoms with van der Waals surface area (Å²) in [6.45, 7) is 2.32. The number of aromatic nitrogens is 4. The second kappa shape index (κ2) is 4.51. The van der Waals surface area contributed by atoms with Gasteiger partial charge in [-0.25, -0.2) is 9.50 Å². The van der Waals surface area contributed by atoms with E-state index < -0.39 is 0 Å². The number of fused-ring (bicyclic) bond motifs is 1. The third-order valence-electron chi connectivity index (χ3n) is 2.87. The lowest BCUT2D eigenvalue weighted by Crippen LogP contribution is -2.21. The quantitative estimate of drug-likeness (QED) is 0.671. The summed E-state index contributed by atoms with van der Waals surface area (Å²) in [5.41, 5.74) is 2.25. The van der Waals surface area contributed by atoms with E-state index in [1.165, 1.54) is 0 Å². The van der Waals surface area contributed by atoms with Crippen LogP contribution in [0.1, 0.15) is 11.3 Å². The molecule has 3 aromatic rings. The predicted octanol–water partition coefficient (Wildman–Crippen LogP) is 1.90. The van der Waals surface area contributed by atoms with E-state index in [1.807, 2.05) is 13.0 Å². The molecule has 3 aromatic heterocycles. The Balaban J connectivity index is 2.03. The molecule has 0 bridgehead atoms. The van der Waals surface area contributed by atoms with Gasteiger partial charge in [0.25, 0.3) is 5.56 Å². The smallest absolute Gasteiger partial charge is 0.276 e. The van der Waals surface area contributed by atoms with Gasteiger partial charge in [0.1, 0.15) is 10.7 Å². The van der Waals surface area contributed by atoms with Gasteiger partial charge < -0.3 is 4.57 Å². The molecule has 6 heteroatoms. The molecule has 0 amide bonds. The molecule has 0 aromatic carbocycles. The number of nitrogens with zero attached hydrogens (tertiary/aromatic N) is 4. The van der Waals surface area contributed by atoms with Gasteiger partial charge in [-0.1, -0.05) is 17.7 Å². The van der Waals surface area contributed by atoms with Gasteiger partial charge in [-0.2, -0.15) is 5.10 Å². The summed E-state index contributed by atoms with van der Waals surface area (Å²) >= 11 is 5.74. The average molecular weight is 275 g/mol. The number of hydrogen-bond acceptors (Lipinski definition) is 3. The fourth-order valence-corrected chi connectivity index (χ4v) is 2.08. The molecule has 5 nitrogen and oxygen atoms in total. The molecule has 0 unspecified atom stereocenters.